The van der Waals surface area contributed by atoms with Crippen LogP contribution in [0.5, 0.6) is 0 Å². The van der Waals surface area contributed by atoms with E-state index in [1.807, 2.05) is 6.07 Å². The highest BCUT2D eigenvalue weighted by Crippen LogP contribution is 2.17. The number of aliphatic imine (C=N–C) groups is 1. The molecule has 2 rings (SSSR count). The Hall–Kier alpha value is -0.860. The number of nitrogens with zero attached hydrogens (tertiary/aromatic N) is 2. The fourth-order valence-corrected chi connectivity index (χ4v) is 2.63. The first-order chi connectivity index (χ1) is 10.6. The average Bonchev–Trinajstić information content (AvgIpc) is 2.91. The summed E-state index contributed by atoms with van der Waals surface area (Å²) in [6, 6.07) is 8.65. The predicted molar refractivity (Wildman–Crippen MR) is 106 cm³/mol. The maximum absolute atomic E-state index is 9.64. The van der Waals surface area contributed by atoms with Gasteiger partial charge >= 0.3 is 0 Å². The third-order valence-electron chi connectivity index (χ3n) is 4.19. The van der Waals surface area contributed by atoms with Crippen LogP contribution >= 0.6 is 24.0 Å². The van der Waals surface area contributed by atoms with Crippen molar-refractivity contribution in [2.45, 2.75) is 51.9 Å². The van der Waals surface area contributed by atoms with E-state index in [-0.39, 0.29) is 30.1 Å². The molecule has 0 radical (unpaired) electrons. The van der Waals surface area contributed by atoms with Gasteiger partial charge in [-0.2, -0.15) is 0 Å². The number of guanidine groups is 1. The lowest BCUT2D eigenvalue weighted by atomic mass is 10.1. The first-order valence-electron chi connectivity index (χ1n) is 8.12. The molecule has 1 aromatic rings. The summed E-state index contributed by atoms with van der Waals surface area (Å²) in [6.07, 6.45) is 1.71. The average molecular weight is 432 g/mol. The van der Waals surface area contributed by atoms with E-state index < -0.39 is 0 Å². The van der Waals surface area contributed by atoms with Crippen molar-refractivity contribution >= 4 is 29.9 Å². The minimum absolute atomic E-state index is 0. The normalized spacial score (nSPS) is 20.1. The summed E-state index contributed by atoms with van der Waals surface area (Å²) in [5.74, 6) is 0.501. The molecule has 0 aromatic heterocycles. The molecule has 1 aliphatic rings. The molecule has 0 saturated carbocycles. The zero-order chi connectivity index (χ0) is 15.9. The van der Waals surface area contributed by atoms with Crippen LogP contribution in [0.1, 0.15) is 37.8 Å². The number of β-amino-alcohol motifs (C(OH)–C–C–N with tert-alkyl or cyclic N) is 1. The molecule has 1 saturated heterocycles. The molecule has 5 nitrogen and oxygen atoms in total. The lowest BCUT2D eigenvalue weighted by Crippen LogP contribution is -2.38. The molecule has 130 valence electrons. The van der Waals surface area contributed by atoms with Gasteiger partial charge in [0.1, 0.15) is 0 Å². The van der Waals surface area contributed by atoms with Crippen molar-refractivity contribution in [1.29, 1.82) is 0 Å². The Morgan fingerprint density at radius 1 is 1.43 bits per heavy atom. The second-order valence-electron chi connectivity index (χ2n) is 6.10. The van der Waals surface area contributed by atoms with Crippen molar-refractivity contribution in [2.24, 2.45) is 10.7 Å². The molecule has 23 heavy (non-hydrogen) atoms. The molecule has 2 unspecified atom stereocenters. The summed E-state index contributed by atoms with van der Waals surface area (Å²) >= 11 is 0. The zero-order valence-electron chi connectivity index (χ0n) is 14.0. The van der Waals surface area contributed by atoms with Crippen molar-refractivity contribution in [1.82, 2.24) is 10.2 Å². The third-order valence-corrected chi connectivity index (χ3v) is 4.19. The van der Waals surface area contributed by atoms with Gasteiger partial charge in [-0.05, 0) is 30.9 Å². The van der Waals surface area contributed by atoms with E-state index in [9.17, 15) is 5.11 Å². The van der Waals surface area contributed by atoms with E-state index in [1.54, 1.807) is 0 Å². The first kappa shape index (κ1) is 20.2. The fourth-order valence-electron chi connectivity index (χ4n) is 2.63. The van der Waals surface area contributed by atoms with Gasteiger partial charge in [-0.3, -0.25) is 4.90 Å². The Bertz CT molecular complexity index is 509. The highest BCUT2D eigenvalue weighted by atomic mass is 127. The molecule has 1 aliphatic heterocycles. The Kier molecular flexibility index (Phi) is 8.86. The number of halogens is 1. The minimum atomic E-state index is -0.180. The summed E-state index contributed by atoms with van der Waals surface area (Å²) in [7, 11) is 0. The van der Waals surface area contributed by atoms with Crippen LogP contribution in [-0.2, 0) is 13.1 Å². The highest BCUT2D eigenvalue weighted by Gasteiger charge is 2.20. The predicted octanol–water partition coefficient (Wildman–Crippen LogP) is 2.07. The molecule has 2 atom stereocenters. The van der Waals surface area contributed by atoms with E-state index in [1.165, 1.54) is 11.1 Å². The van der Waals surface area contributed by atoms with Gasteiger partial charge in [0.05, 0.1) is 12.6 Å². The zero-order valence-corrected chi connectivity index (χ0v) is 16.4. The smallest absolute Gasteiger partial charge is 0.189 e. The molecule has 0 spiro atoms. The number of nitrogens with one attached hydrogen (secondary N) is 1. The van der Waals surface area contributed by atoms with Crippen molar-refractivity contribution < 1.29 is 5.11 Å². The van der Waals surface area contributed by atoms with Crippen LogP contribution in [0, 0.1) is 0 Å². The molecule has 0 aliphatic carbocycles. The second-order valence-corrected chi connectivity index (χ2v) is 6.10. The number of rotatable bonds is 6. The van der Waals surface area contributed by atoms with Crippen LogP contribution in [0.3, 0.4) is 0 Å². The molecular weight excluding hydrogens is 403 g/mol. The number of hydrogen-bond acceptors (Lipinski definition) is 3. The molecule has 0 bridgehead atoms. The van der Waals surface area contributed by atoms with E-state index in [0.29, 0.717) is 18.5 Å². The number of likely N-dealkylation sites (tertiary alicyclic amines) is 1. The Balaban J connectivity index is 0.00000264. The van der Waals surface area contributed by atoms with Crippen LogP contribution < -0.4 is 11.1 Å². The van der Waals surface area contributed by atoms with Gasteiger partial charge in [0.15, 0.2) is 5.96 Å². The van der Waals surface area contributed by atoms with Crippen LogP contribution in [0.15, 0.2) is 29.3 Å². The van der Waals surface area contributed by atoms with E-state index in [4.69, 9.17) is 5.73 Å². The quantitative estimate of drug-likeness (QED) is 0.366. The summed E-state index contributed by atoms with van der Waals surface area (Å²) in [5.41, 5.74) is 8.38. The summed E-state index contributed by atoms with van der Waals surface area (Å²) < 4.78 is 0. The van der Waals surface area contributed by atoms with Gasteiger partial charge < -0.3 is 16.2 Å². The maximum Gasteiger partial charge on any atom is 0.189 e. The third kappa shape index (κ3) is 6.64. The largest absolute Gasteiger partial charge is 0.392 e. The van der Waals surface area contributed by atoms with Crippen LogP contribution in [0.25, 0.3) is 0 Å². The van der Waals surface area contributed by atoms with Crippen molar-refractivity contribution in [3.63, 3.8) is 0 Å². The molecule has 0 amide bonds. The number of hydrogen-bond donors (Lipinski definition) is 3. The van der Waals surface area contributed by atoms with Crippen LogP contribution in [0.2, 0.25) is 0 Å². The van der Waals surface area contributed by atoms with Crippen molar-refractivity contribution in [3.05, 3.63) is 35.4 Å². The Labute approximate surface area is 156 Å². The molecular formula is C17H29IN4O. The van der Waals surface area contributed by atoms with E-state index in [0.717, 1.165) is 32.5 Å². The molecule has 1 aromatic carbocycles. The maximum atomic E-state index is 9.64. The van der Waals surface area contributed by atoms with E-state index >= 15 is 0 Å². The number of aliphatic hydroxyl groups excluding tert-OH is 1. The SMILES string of the molecule is CCC(C)NC(N)=NCc1ccccc1CN1CCC(O)C1.I. The Morgan fingerprint density at radius 2 is 2.13 bits per heavy atom. The highest BCUT2D eigenvalue weighted by molar-refractivity contribution is 14.0. The van der Waals surface area contributed by atoms with Gasteiger partial charge in [-0.25, -0.2) is 4.99 Å². The van der Waals surface area contributed by atoms with Gasteiger partial charge in [0.2, 0.25) is 0 Å². The van der Waals surface area contributed by atoms with Crippen LogP contribution in [0.4, 0.5) is 0 Å². The van der Waals surface area contributed by atoms with Gasteiger partial charge in [-0.1, -0.05) is 31.2 Å². The summed E-state index contributed by atoms with van der Waals surface area (Å²) in [4.78, 5) is 6.73. The number of nitrogens with two attached hydrogens (primary N) is 1. The standard InChI is InChI=1S/C17H28N4O.HI/c1-3-13(2)20-17(18)19-10-14-6-4-5-7-15(14)11-21-9-8-16(22)12-21;/h4-7,13,16,22H,3,8-12H2,1-2H3,(H3,18,19,20);1H. The molecule has 4 N–H and O–H groups in total. The Morgan fingerprint density at radius 3 is 2.74 bits per heavy atom. The van der Waals surface area contributed by atoms with Gasteiger partial charge in [0, 0.05) is 25.7 Å². The van der Waals surface area contributed by atoms with Gasteiger partial charge in [-0.15, -0.1) is 24.0 Å². The van der Waals surface area contributed by atoms with Gasteiger partial charge in [0.25, 0.3) is 0 Å². The van der Waals surface area contributed by atoms with E-state index in [2.05, 4.69) is 47.3 Å². The topological polar surface area (TPSA) is 73.9 Å². The fraction of sp³-hybridized carbons (Fsp3) is 0.588. The molecule has 6 heteroatoms. The minimum Gasteiger partial charge on any atom is -0.392 e. The van der Waals surface area contributed by atoms with Crippen molar-refractivity contribution in [2.75, 3.05) is 13.1 Å². The molecule has 1 fully saturated rings. The van der Waals surface area contributed by atoms with Crippen LogP contribution in [-0.4, -0.2) is 41.2 Å². The first-order valence-corrected chi connectivity index (χ1v) is 8.12. The lowest BCUT2D eigenvalue weighted by molar-refractivity contribution is 0.174. The summed E-state index contributed by atoms with van der Waals surface area (Å²) in [5, 5.41) is 12.8. The summed E-state index contributed by atoms with van der Waals surface area (Å²) in [6.45, 7) is 7.37. The monoisotopic (exact) mass is 432 g/mol. The second kappa shape index (κ2) is 10.1. The van der Waals surface area contributed by atoms with Crippen molar-refractivity contribution in [3.8, 4) is 0 Å². The number of benzene rings is 1. The lowest BCUT2D eigenvalue weighted by Gasteiger charge is -2.17. The number of aliphatic hydroxyl groups is 1. The molecule has 1 heterocycles.